The third-order valence-corrected chi connectivity index (χ3v) is 7.64. The van der Waals surface area contributed by atoms with Crippen LogP contribution in [0.25, 0.3) is 16.7 Å². The number of benzene rings is 2. The number of hydrogen-bond donors (Lipinski definition) is 0. The van der Waals surface area contributed by atoms with Crippen molar-refractivity contribution in [2.75, 3.05) is 14.1 Å². The molecule has 2 aromatic heterocycles. The van der Waals surface area contributed by atoms with Crippen LogP contribution in [-0.4, -0.2) is 56.6 Å². The number of thioether (sulfide) groups is 1. The molecule has 0 aliphatic heterocycles. The lowest BCUT2D eigenvalue weighted by molar-refractivity contribution is 0.521. The number of rotatable bonds is 7. The molecule has 4 aromatic rings. The Kier molecular flexibility index (Phi) is 5.82. The lowest BCUT2D eigenvalue weighted by Gasteiger charge is -2.11. The summed E-state index contributed by atoms with van der Waals surface area (Å²) in [6.45, 7) is 4.78. The smallest absolute Gasteiger partial charge is 0.242 e. The fourth-order valence-corrected chi connectivity index (χ4v) is 5.07. The number of imidazole rings is 1. The zero-order valence-corrected chi connectivity index (χ0v) is 19.4. The van der Waals surface area contributed by atoms with Crippen LogP contribution < -0.4 is 0 Å². The van der Waals surface area contributed by atoms with Crippen LogP contribution in [0.3, 0.4) is 0 Å². The van der Waals surface area contributed by atoms with Gasteiger partial charge >= 0.3 is 0 Å². The summed E-state index contributed by atoms with van der Waals surface area (Å²) in [5, 5.41) is 12.8. The van der Waals surface area contributed by atoms with Crippen LogP contribution in [0.1, 0.15) is 18.3 Å². The van der Waals surface area contributed by atoms with Crippen LogP contribution >= 0.6 is 11.8 Å². The van der Waals surface area contributed by atoms with E-state index in [0.717, 1.165) is 29.1 Å². The van der Waals surface area contributed by atoms with Crippen LogP contribution in [0.2, 0.25) is 0 Å². The first-order valence-electron chi connectivity index (χ1n) is 9.71. The van der Waals surface area contributed by atoms with Crippen molar-refractivity contribution in [3.8, 4) is 5.69 Å². The van der Waals surface area contributed by atoms with Gasteiger partial charge in [-0.2, -0.15) is 4.68 Å². The number of aromatic nitrogens is 6. The molecule has 0 atom stereocenters. The third kappa shape index (κ3) is 4.08. The molecule has 9 nitrogen and oxygen atoms in total. The first kappa shape index (κ1) is 21.5. The summed E-state index contributed by atoms with van der Waals surface area (Å²) in [5.41, 5.74) is 3.57. The van der Waals surface area contributed by atoms with Crippen molar-refractivity contribution in [3.05, 3.63) is 53.9 Å². The van der Waals surface area contributed by atoms with Gasteiger partial charge < -0.3 is 4.57 Å². The fourth-order valence-electron chi connectivity index (χ4n) is 3.31. The van der Waals surface area contributed by atoms with Gasteiger partial charge in [0, 0.05) is 20.6 Å². The Morgan fingerprint density at radius 2 is 1.94 bits per heavy atom. The van der Waals surface area contributed by atoms with E-state index in [9.17, 15) is 8.42 Å². The second-order valence-corrected chi connectivity index (χ2v) is 10.3. The Labute approximate surface area is 185 Å². The maximum absolute atomic E-state index is 12.5. The highest BCUT2D eigenvalue weighted by Gasteiger charge is 2.20. The molecule has 2 aromatic carbocycles. The quantitative estimate of drug-likeness (QED) is 0.394. The monoisotopic (exact) mass is 457 g/mol. The first-order chi connectivity index (χ1) is 14.8. The van der Waals surface area contributed by atoms with Gasteiger partial charge in [0.05, 0.1) is 27.4 Å². The molecule has 0 amide bonds. The molecule has 0 saturated heterocycles. The summed E-state index contributed by atoms with van der Waals surface area (Å²) in [6.07, 6.45) is 0. The molecule has 2 heterocycles. The summed E-state index contributed by atoms with van der Waals surface area (Å²) < 4.78 is 29.9. The molecule has 31 heavy (non-hydrogen) atoms. The Balaban J connectivity index is 1.65. The molecule has 0 saturated carbocycles. The van der Waals surface area contributed by atoms with E-state index in [4.69, 9.17) is 4.98 Å². The van der Waals surface area contributed by atoms with E-state index < -0.39 is 10.0 Å². The van der Waals surface area contributed by atoms with E-state index in [1.165, 1.54) is 30.2 Å². The van der Waals surface area contributed by atoms with Crippen molar-refractivity contribution in [1.29, 1.82) is 0 Å². The van der Waals surface area contributed by atoms with Gasteiger partial charge in [-0.25, -0.2) is 17.7 Å². The summed E-state index contributed by atoms with van der Waals surface area (Å²) >= 11 is 1.48. The highest BCUT2D eigenvalue weighted by atomic mass is 32.2. The van der Waals surface area contributed by atoms with Gasteiger partial charge in [-0.15, -0.1) is 5.10 Å². The minimum Gasteiger partial charge on any atom is -0.328 e. The largest absolute Gasteiger partial charge is 0.328 e. The summed E-state index contributed by atoms with van der Waals surface area (Å²) in [6, 6.07) is 13.0. The molecule has 162 valence electrons. The van der Waals surface area contributed by atoms with Crippen LogP contribution in [0.5, 0.6) is 0 Å². The van der Waals surface area contributed by atoms with Crippen LogP contribution in [0.4, 0.5) is 0 Å². The van der Waals surface area contributed by atoms with Crippen molar-refractivity contribution in [1.82, 2.24) is 34.1 Å². The second kappa shape index (κ2) is 8.40. The molecule has 11 heteroatoms. The van der Waals surface area contributed by atoms with Gasteiger partial charge in [0.1, 0.15) is 5.82 Å². The van der Waals surface area contributed by atoms with Crippen LogP contribution in [0.15, 0.2) is 52.5 Å². The van der Waals surface area contributed by atoms with Crippen LogP contribution in [-0.2, 0) is 22.3 Å². The number of nitrogens with zero attached hydrogens (tertiary/aromatic N) is 7. The molecule has 0 unspecified atom stereocenters. The zero-order chi connectivity index (χ0) is 22.2. The Hall–Kier alpha value is -2.76. The van der Waals surface area contributed by atoms with Gasteiger partial charge in [0.15, 0.2) is 0 Å². The highest BCUT2D eigenvalue weighted by Crippen LogP contribution is 2.27. The molecule has 0 aliphatic rings. The minimum atomic E-state index is -3.52. The molecule has 4 rings (SSSR count). The summed E-state index contributed by atoms with van der Waals surface area (Å²) in [5.74, 6) is 1.38. The Morgan fingerprint density at radius 3 is 2.65 bits per heavy atom. The predicted molar refractivity (Wildman–Crippen MR) is 120 cm³/mol. The average molecular weight is 458 g/mol. The number of hydrogen-bond acceptors (Lipinski definition) is 7. The predicted octanol–water partition coefficient (Wildman–Crippen LogP) is 2.88. The average Bonchev–Trinajstić information content (AvgIpc) is 3.35. The van der Waals surface area contributed by atoms with E-state index >= 15 is 0 Å². The normalized spacial score (nSPS) is 12.2. The van der Waals surface area contributed by atoms with Crippen molar-refractivity contribution in [2.24, 2.45) is 0 Å². The number of aryl methyl sites for hydroxylation is 2. The SMILES string of the molecule is CCn1c(CSc2nnnn2-c2cccc(C)c2)nc2cc(S(=O)(=O)N(C)C)ccc21. The van der Waals surface area contributed by atoms with Gasteiger partial charge in [0.2, 0.25) is 15.2 Å². The zero-order valence-electron chi connectivity index (χ0n) is 17.7. The molecular formula is C20H23N7O2S2. The van der Waals surface area contributed by atoms with Gasteiger partial charge in [-0.05, 0) is 60.2 Å². The van der Waals surface area contributed by atoms with Crippen molar-refractivity contribution in [2.45, 2.75) is 36.2 Å². The van der Waals surface area contributed by atoms with Crippen molar-refractivity contribution < 1.29 is 8.42 Å². The van der Waals surface area contributed by atoms with E-state index in [1.54, 1.807) is 16.8 Å². The highest BCUT2D eigenvalue weighted by molar-refractivity contribution is 7.98. The molecule has 0 spiro atoms. The maximum Gasteiger partial charge on any atom is 0.242 e. The van der Waals surface area contributed by atoms with Crippen LogP contribution in [0, 0.1) is 6.92 Å². The number of sulfonamides is 1. The lowest BCUT2D eigenvalue weighted by Crippen LogP contribution is -2.22. The van der Waals surface area contributed by atoms with E-state index in [0.29, 0.717) is 16.4 Å². The molecule has 0 aliphatic carbocycles. The minimum absolute atomic E-state index is 0.230. The molecule has 0 radical (unpaired) electrons. The van der Waals surface area contributed by atoms with E-state index in [1.807, 2.05) is 44.2 Å². The summed E-state index contributed by atoms with van der Waals surface area (Å²) in [7, 11) is -0.480. The van der Waals surface area contributed by atoms with Crippen molar-refractivity contribution in [3.63, 3.8) is 0 Å². The fraction of sp³-hybridized carbons (Fsp3) is 0.300. The Bertz CT molecular complexity index is 1340. The number of tetrazole rings is 1. The van der Waals surface area contributed by atoms with Gasteiger partial charge in [0.25, 0.3) is 0 Å². The topological polar surface area (TPSA) is 98.8 Å². The lowest BCUT2D eigenvalue weighted by atomic mass is 10.2. The third-order valence-electron chi connectivity index (χ3n) is 4.91. The second-order valence-electron chi connectivity index (χ2n) is 7.21. The standard InChI is InChI=1S/C20H23N7O2S2/c1-5-26-18-10-9-16(31(28,29)25(3)4)12-17(18)21-19(26)13-30-20-22-23-24-27(20)15-8-6-7-14(2)11-15/h6-12H,5,13H2,1-4H3. The first-order valence-corrected chi connectivity index (χ1v) is 12.1. The Morgan fingerprint density at radius 1 is 1.13 bits per heavy atom. The maximum atomic E-state index is 12.5. The molecule has 0 fully saturated rings. The summed E-state index contributed by atoms with van der Waals surface area (Å²) in [4.78, 5) is 4.94. The van der Waals surface area contributed by atoms with Gasteiger partial charge in [-0.1, -0.05) is 23.9 Å². The molecule has 0 bridgehead atoms. The van der Waals surface area contributed by atoms with E-state index in [2.05, 4.69) is 20.1 Å². The molecule has 0 N–H and O–H groups in total. The van der Waals surface area contributed by atoms with E-state index in [-0.39, 0.29) is 4.90 Å². The van der Waals surface area contributed by atoms with Gasteiger partial charge in [-0.3, -0.25) is 0 Å². The molecular weight excluding hydrogens is 434 g/mol. The van der Waals surface area contributed by atoms with Crippen molar-refractivity contribution >= 4 is 32.8 Å². The number of fused-ring (bicyclic) bond motifs is 1.